The van der Waals surface area contributed by atoms with Gasteiger partial charge in [-0.25, -0.2) is 0 Å². The van der Waals surface area contributed by atoms with Crippen molar-refractivity contribution >= 4 is 23.2 Å². The van der Waals surface area contributed by atoms with E-state index in [2.05, 4.69) is 51.3 Å². The number of fused-ring (bicyclic) bond motifs is 1. The molecule has 1 aliphatic heterocycles. The van der Waals surface area contributed by atoms with Crippen molar-refractivity contribution in [1.82, 2.24) is 9.80 Å². The second-order valence-corrected chi connectivity index (χ2v) is 10.3. The molecular formula is C27H38N2O3S. The van der Waals surface area contributed by atoms with E-state index in [-0.39, 0.29) is 24.4 Å². The van der Waals surface area contributed by atoms with Crippen LogP contribution in [0.1, 0.15) is 75.4 Å². The van der Waals surface area contributed by atoms with Crippen LogP contribution in [0.5, 0.6) is 5.75 Å². The summed E-state index contributed by atoms with van der Waals surface area (Å²) in [6.45, 7) is 12.3. The number of ether oxygens (including phenoxy) is 1. The van der Waals surface area contributed by atoms with Crippen molar-refractivity contribution in [3.8, 4) is 5.75 Å². The van der Waals surface area contributed by atoms with Crippen molar-refractivity contribution in [2.75, 3.05) is 26.2 Å². The molecule has 0 unspecified atom stereocenters. The quantitative estimate of drug-likeness (QED) is 0.450. The highest BCUT2D eigenvalue weighted by molar-refractivity contribution is 7.10. The van der Waals surface area contributed by atoms with Gasteiger partial charge < -0.3 is 14.5 Å². The van der Waals surface area contributed by atoms with Gasteiger partial charge in [-0.1, -0.05) is 53.2 Å². The van der Waals surface area contributed by atoms with E-state index < -0.39 is 0 Å². The van der Waals surface area contributed by atoms with Crippen LogP contribution in [-0.4, -0.2) is 47.9 Å². The minimum Gasteiger partial charge on any atom is -0.491 e. The van der Waals surface area contributed by atoms with Gasteiger partial charge in [0.1, 0.15) is 12.4 Å². The lowest BCUT2D eigenvalue weighted by Crippen LogP contribution is -2.48. The van der Waals surface area contributed by atoms with Crippen LogP contribution in [0.2, 0.25) is 0 Å². The second kappa shape index (κ2) is 11.7. The number of hydrogen-bond acceptors (Lipinski definition) is 4. The molecule has 2 amide bonds. The summed E-state index contributed by atoms with van der Waals surface area (Å²) in [5.74, 6) is 1.69. The SMILES string of the molecule is CCC(=O)N(CC(=O)N1CCc2sccc2[C@@H]1COc1ccc(C(C)C)cc1)C[C@@H](C)CC. The van der Waals surface area contributed by atoms with Gasteiger partial charge in [0.25, 0.3) is 0 Å². The number of nitrogens with zero attached hydrogens (tertiary/aromatic N) is 2. The lowest BCUT2D eigenvalue weighted by molar-refractivity contribution is -0.143. The van der Waals surface area contributed by atoms with E-state index in [9.17, 15) is 9.59 Å². The van der Waals surface area contributed by atoms with Gasteiger partial charge in [0.2, 0.25) is 11.8 Å². The van der Waals surface area contributed by atoms with Crippen molar-refractivity contribution in [2.45, 2.75) is 65.8 Å². The Labute approximate surface area is 202 Å². The predicted molar refractivity (Wildman–Crippen MR) is 135 cm³/mol. The Bertz CT molecular complexity index is 922. The van der Waals surface area contributed by atoms with E-state index in [4.69, 9.17) is 4.74 Å². The van der Waals surface area contributed by atoms with Crippen LogP contribution >= 0.6 is 11.3 Å². The first-order valence-electron chi connectivity index (χ1n) is 12.2. The predicted octanol–water partition coefficient (Wildman–Crippen LogP) is 5.66. The number of thiophene rings is 1. The maximum absolute atomic E-state index is 13.5. The van der Waals surface area contributed by atoms with Crippen LogP contribution in [0.3, 0.4) is 0 Å². The molecule has 0 N–H and O–H groups in total. The molecule has 3 rings (SSSR count). The van der Waals surface area contributed by atoms with Crippen molar-refractivity contribution in [1.29, 1.82) is 0 Å². The summed E-state index contributed by atoms with van der Waals surface area (Å²) in [5.41, 5.74) is 2.45. The van der Waals surface area contributed by atoms with Crippen molar-refractivity contribution in [3.05, 3.63) is 51.7 Å². The summed E-state index contributed by atoms with van der Waals surface area (Å²) >= 11 is 1.75. The van der Waals surface area contributed by atoms with Gasteiger partial charge in [-0.15, -0.1) is 11.3 Å². The average molecular weight is 471 g/mol. The maximum Gasteiger partial charge on any atom is 0.242 e. The normalized spacial score (nSPS) is 16.4. The third-order valence-electron chi connectivity index (χ3n) is 6.58. The number of rotatable bonds is 10. The summed E-state index contributed by atoms with van der Waals surface area (Å²) in [5, 5.41) is 2.10. The van der Waals surface area contributed by atoms with Crippen molar-refractivity contribution in [3.63, 3.8) is 0 Å². The average Bonchev–Trinajstić information content (AvgIpc) is 3.30. The van der Waals surface area contributed by atoms with E-state index in [0.29, 0.717) is 38.0 Å². The zero-order valence-corrected chi connectivity index (χ0v) is 21.5. The monoisotopic (exact) mass is 470 g/mol. The smallest absolute Gasteiger partial charge is 0.242 e. The molecule has 6 heteroatoms. The van der Waals surface area contributed by atoms with Crippen LogP contribution in [0.15, 0.2) is 35.7 Å². The van der Waals surface area contributed by atoms with Gasteiger partial charge in [0.05, 0.1) is 12.6 Å². The summed E-state index contributed by atoms with van der Waals surface area (Å²) in [6.07, 6.45) is 2.25. The Morgan fingerprint density at radius 3 is 2.52 bits per heavy atom. The first-order chi connectivity index (χ1) is 15.8. The Balaban J connectivity index is 1.74. The van der Waals surface area contributed by atoms with E-state index in [1.165, 1.54) is 16.0 Å². The number of carbonyl (C=O) groups excluding carboxylic acids is 2. The maximum atomic E-state index is 13.5. The highest BCUT2D eigenvalue weighted by atomic mass is 32.1. The first kappa shape index (κ1) is 25.3. The number of carbonyl (C=O) groups is 2. The zero-order chi connectivity index (χ0) is 24.0. The van der Waals surface area contributed by atoms with E-state index in [0.717, 1.165) is 18.6 Å². The fourth-order valence-corrected chi connectivity index (χ4v) is 5.16. The summed E-state index contributed by atoms with van der Waals surface area (Å²) in [7, 11) is 0. The molecule has 0 saturated heterocycles. The molecule has 0 fully saturated rings. The first-order valence-corrected chi connectivity index (χ1v) is 13.1. The molecule has 0 radical (unpaired) electrons. The standard InChI is InChI=1S/C27H38N2O3S/c1-6-20(5)16-28(26(30)7-2)17-27(31)29-14-12-25-23(13-15-33-25)24(29)18-32-22-10-8-21(9-11-22)19(3)4/h8-11,13,15,19-20,24H,6-7,12,14,16-18H2,1-5H3/t20-,24-/m0/s1. The fraction of sp³-hybridized carbons (Fsp3) is 0.556. The van der Waals surface area contributed by atoms with Gasteiger partial charge in [0, 0.05) is 24.4 Å². The number of hydrogen-bond donors (Lipinski definition) is 0. The molecule has 2 atom stereocenters. The third kappa shape index (κ3) is 6.38. The fourth-order valence-electron chi connectivity index (χ4n) is 4.24. The second-order valence-electron chi connectivity index (χ2n) is 9.33. The molecule has 0 spiro atoms. The van der Waals surface area contributed by atoms with Gasteiger partial charge in [-0.3, -0.25) is 9.59 Å². The van der Waals surface area contributed by atoms with Gasteiger partial charge in [-0.2, -0.15) is 0 Å². The highest BCUT2D eigenvalue weighted by Crippen LogP contribution is 2.34. The Kier molecular flexibility index (Phi) is 8.95. The van der Waals surface area contributed by atoms with Gasteiger partial charge in [-0.05, 0) is 53.0 Å². The largest absolute Gasteiger partial charge is 0.491 e. The third-order valence-corrected chi connectivity index (χ3v) is 7.58. The topological polar surface area (TPSA) is 49.9 Å². The summed E-state index contributed by atoms with van der Waals surface area (Å²) in [4.78, 5) is 31.0. The molecule has 5 nitrogen and oxygen atoms in total. The van der Waals surface area contributed by atoms with E-state index >= 15 is 0 Å². The number of benzene rings is 1. The van der Waals surface area contributed by atoms with E-state index in [1.807, 2.05) is 24.0 Å². The molecular weight excluding hydrogens is 432 g/mol. The van der Waals surface area contributed by atoms with Crippen LogP contribution in [0.4, 0.5) is 0 Å². The molecule has 0 saturated carbocycles. The Hall–Kier alpha value is -2.34. The van der Waals surface area contributed by atoms with Crippen LogP contribution in [0, 0.1) is 5.92 Å². The molecule has 0 aliphatic carbocycles. The van der Waals surface area contributed by atoms with Gasteiger partial charge in [0.15, 0.2) is 0 Å². The van der Waals surface area contributed by atoms with E-state index in [1.54, 1.807) is 16.2 Å². The molecule has 2 aromatic rings. The van der Waals surface area contributed by atoms with Crippen LogP contribution in [-0.2, 0) is 16.0 Å². The van der Waals surface area contributed by atoms with Crippen molar-refractivity contribution in [2.24, 2.45) is 5.92 Å². The Morgan fingerprint density at radius 1 is 1.15 bits per heavy atom. The van der Waals surface area contributed by atoms with Crippen LogP contribution in [0.25, 0.3) is 0 Å². The summed E-state index contributed by atoms with van der Waals surface area (Å²) < 4.78 is 6.17. The Morgan fingerprint density at radius 2 is 1.88 bits per heavy atom. The van der Waals surface area contributed by atoms with Crippen LogP contribution < -0.4 is 4.74 Å². The lowest BCUT2D eigenvalue weighted by Gasteiger charge is -2.37. The molecule has 1 aromatic heterocycles. The molecule has 33 heavy (non-hydrogen) atoms. The minimum absolute atomic E-state index is 0.000656. The molecule has 180 valence electrons. The molecule has 0 bridgehead atoms. The zero-order valence-electron chi connectivity index (χ0n) is 20.7. The molecule has 1 aliphatic rings. The molecule has 1 aromatic carbocycles. The lowest BCUT2D eigenvalue weighted by atomic mass is 10.00. The highest BCUT2D eigenvalue weighted by Gasteiger charge is 2.33. The minimum atomic E-state index is -0.139. The summed E-state index contributed by atoms with van der Waals surface area (Å²) in [6, 6.07) is 10.2. The van der Waals surface area contributed by atoms with Gasteiger partial charge >= 0.3 is 0 Å². The van der Waals surface area contributed by atoms with Crippen molar-refractivity contribution < 1.29 is 14.3 Å². The number of amides is 2. The molecule has 2 heterocycles.